The van der Waals surface area contributed by atoms with Gasteiger partial charge in [-0.1, -0.05) is 12.1 Å². The van der Waals surface area contributed by atoms with Gasteiger partial charge in [0.05, 0.1) is 12.6 Å². The van der Waals surface area contributed by atoms with Crippen molar-refractivity contribution in [1.82, 2.24) is 15.0 Å². The third kappa shape index (κ3) is 5.02. The van der Waals surface area contributed by atoms with E-state index in [9.17, 15) is 9.59 Å². The number of amides is 1. The van der Waals surface area contributed by atoms with Gasteiger partial charge in [0.1, 0.15) is 0 Å². The zero-order valence-corrected chi connectivity index (χ0v) is 13.5. The summed E-state index contributed by atoms with van der Waals surface area (Å²) in [6.45, 7) is 4.33. The molecule has 0 radical (unpaired) electrons. The van der Waals surface area contributed by atoms with Crippen LogP contribution in [0.1, 0.15) is 44.8 Å². The van der Waals surface area contributed by atoms with Crippen molar-refractivity contribution < 1.29 is 24.0 Å². The molecule has 8 nitrogen and oxygen atoms in total. The molecule has 2 atom stereocenters. The first-order valence-corrected chi connectivity index (χ1v) is 7.97. The van der Waals surface area contributed by atoms with Gasteiger partial charge in [-0.05, 0) is 19.8 Å². The Morgan fingerprint density at radius 2 is 2.13 bits per heavy atom. The Morgan fingerprint density at radius 3 is 2.83 bits per heavy atom. The largest absolute Gasteiger partial charge is 0.479 e. The van der Waals surface area contributed by atoms with Gasteiger partial charge in [0.2, 0.25) is 11.8 Å². The van der Waals surface area contributed by atoms with Gasteiger partial charge in [-0.25, -0.2) is 4.79 Å². The van der Waals surface area contributed by atoms with Gasteiger partial charge in [0, 0.05) is 25.8 Å². The van der Waals surface area contributed by atoms with E-state index in [4.69, 9.17) is 14.4 Å². The van der Waals surface area contributed by atoms with Crippen molar-refractivity contribution in [2.45, 2.75) is 58.2 Å². The Labute approximate surface area is 134 Å². The highest BCUT2D eigenvalue weighted by Crippen LogP contribution is 2.14. The third-order valence-corrected chi connectivity index (χ3v) is 3.65. The third-order valence-electron chi connectivity index (χ3n) is 3.65. The summed E-state index contributed by atoms with van der Waals surface area (Å²) in [6, 6.07) is 0. The first-order chi connectivity index (χ1) is 11.0. The maximum atomic E-state index is 12.2. The van der Waals surface area contributed by atoms with E-state index in [1.165, 1.54) is 0 Å². The van der Waals surface area contributed by atoms with Gasteiger partial charge in [-0.3, -0.25) is 4.79 Å². The number of morpholine rings is 1. The fourth-order valence-electron chi connectivity index (χ4n) is 2.56. The zero-order chi connectivity index (χ0) is 16.8. The van der Waals surface area contributed by atoms with Gasteiger partial charge in [0.15, 0.2) is 11.9 Å². The molecule has 1 aromatic heterocycles. The molecule has 128 valence electrons. The number of carbonyl (C=O) groups excluding carboxylic acids is 1. The van der Waals surface area contributed by atoms with E-state index >= 15 is 0 Å². The summed E-state index contributed by atoms with van der Waals surface area (Å²) in [4.78, 5) is 29.1. The first kappa shape index (κ1) is 17.4. The number of nitrogens with zero attached hydrogens (tertiary/aromatic N) is 3. The molecule has 0 bridgehead atoms. The number of aryl methyl sites for hydroxylation is 2. The number of hydrogen-bond donors (Lipinski definition) is 1. The van der Waals surface area contributed by atoms with E-state index in [0.29, 0.717) is 37.5 Å². The number of carboxylic acids is 1. The van der Waals surface area contributed by atoms with Crippen LogP contribution in [0, 0.1) is 0 Å². The molecule has 1 aromatic rings. The zero-order valence-electron chi connectivity index (χ0n) is 13.5. The highest BCUT2D eigenvalue weighted by atomic mass is 16.5. The molecule has 0 spiro atoms. The Morgan fingerprint density at radius 1 is 1.35 bits per heavy atom. The SMILES string of the molecule is CCCc1noc(CCCC(=O)N2CC(C(=O)O)O[C@H](C)C2)n1. The van der Waals surface area contributed by atoms with E-state index in [1.54, 1.807) is 11.8 Å². The van der Waals surface area contributed by atoms with E-state index in [2.05, 4.69) is 10.1 Å². The lowest BCUT2D eigenvalue weighted by molar-refractivity contribution is -0.166. The molecule has 0 aliphatic carbocycles. The van der Waals surface area contributed by atoms with Crippen LogP contribution in [0.15, 0.2) is 4.52 Å². The fraction of sp³-hybridized carbons (Fsp3) is 0.733. The summed E-state index contributed by atoms with van der Waals surface area (Å²) in [5, 5.41) is 12.9. The molecular formula is C15H23N3O5. The minimum Gasteiger partial charge on any atom is -0.479 e. The van der Waals surface area contributed by atoms with Crippen molar-refractivity contribution in [1.29, 1.82) is 0 Å². The first-order valence-electron chi connectivity index (χ1n) is 7.97. The maximum Gasteiger partial charge on any atom is 0.334 e. The van der Waals surface area contributed by atoms with E-state index in [-0.39, 0.29) is 18.6 Å². The Bertz CT molecular complexity index is 545. The topological polar surface area (TPSA) is 106 Å². The summed E-state index contributed by atoms with van der Waals surface area (Å²) in [7, 11) is 0. The number of ether oxygens (including phenoxy) is 1. The minimum atomic E-state index is -1.04. The molecule has 1 saturated heterocycles. The number of hydrogen-bond acceptors (Lipinski definition) is 6. The number of carboxylic acid groups (broad SMARTS) is 1. The molecule has 2 heterocycles. The molecule has 0 saturated carbocycles. The summed E-state index contributed by atoms with van der Waals surface area (Å²) < 4.78 is 10.4. The fourth-order valence-corrected chi connectivity index (χ4v) is 2.56. The van der Waals surface area contributed by atoms with Crippen molar-refractivity contribution >= 4 is 11.9 Å². The van der Waals surface area contributed by atoms with Crippen molar-refractivity contribution in [2.24, 2.45) is 0 Å². The highest BCUT2D eigenvalue weighted by Gasteiger charge is 2.32. The Balaban J connectivity index is 1.78. The summed E-state index contributed by atoms with van der Waals surface area (Å²) in [5.74, 6) is 0.128. The van der Waals surface area contributed by atoms with Crippen LogP contribution < -0.4 is 0 Å². The van der Waals surface area contributed by atoms with E-state index < -0.39 is 12.1 Å². The van der Waals surface area contributed by atoms with Crippen LogP contribution in [-0.2, 0) is 27.2 Å². The lowest BCUT2D eigenvalue weighted by Gasteiger charge is -2.35. The van der Waals surface area contributed by atoms with Crippen LogP contribution in [-0.4, -0.2) is 57.3 Å². The van der Waals surface area contributed by atoms with Crippen molar-refractivity contribution in [2.75, 3.05) is 13.1 Å². The monoisotopic (exact) mass is 325 g/mol. The molecule has 1 aliphatic rings. The molecule has 1 fully saturated rings. The molecule has 23 heavy (non-hydrogen) atoms. The predicted octanol–water partition coefficient (Wildman–Crippen LogP) is 1.05. The smallest absolute Gasteiger partial charge is 0.334 e. The second-order valence-corrected chi connectivity index (χ2v) is 5.78. The molecular weight excluding hydrogens is 302 g/mol. The summed E-state index contributed by atoms with van der Waals surface area (Å²) in [5.41, 5.74) is 0. The average molecular weight is 325 g/mol. The Hall–Kier alpha value is -1.96. The number of aromatic nitrogens is 2. The number of aliphatic carboxylic acids is 1. The highest BCUT2D eigenvalue weighted by molar-refractivity contribution is 5.78. The molecule has 1 N–H and O–H groups in total. The number of carbonyl (C=O) groups is 2. The molecule has 1 amide bonds. The van der Waals surface area contributed by atoms with Gasteiger partial charge in [0.25, 0.3) is 0 Å². The second kappa shape index (κ2) is 8.05. The molecule has 1 unspecified atom stereocenters. The lowest BCUT2D eigenvalue weighted by atomic mass is 10.1. The van der Waals surface area contributed by atoms with Crippen molar-refractivity contribution in [3.63, 3.8) is 0 Å². The van der Waals surface area contributed by atoms with E-state index in [0.717, 1.165) is 12.8 Å². The lowest BCUT2D eigenvalue weighted by Crippen LogP contribution is -2.51. The van der Waals surface area contributed by atoms with Crippen molar-refractivity contribution in [3.05, 3.63) is 11.7 Å². The van der Waals surface area contributed by atoms with E-state index in [1.807, 2.05) is 6.92 Å². The van der Waals surface area contributed by atoms with Gasteiger partial charge in [-0.15, -0.1) is 0 Å². The predicted molar refractivity (Wildman–Crippen MR) is 79.8 cm³/mol. The van der Waals surface area contributed by atoms with Crippen LogP contribution in [0.5, 0.6) is 0 Å². The minimum absolute atomic E-state index is 0.0697. The molecule has 2 rings (SSSR count). The molecule has 1 aliphatic heterocycles. The molecule has 8 heteroatoms. The molecule has 0 aromatic carbocycles. The van der Waals surface area contributed by atoms with Crippen LogP contribution >= 0.6 is 0 Å². The standard InChI is InChI=1S/C15H23N3O5/c1-3-5-12-16-13(23-17-12)6-4-7-14(19)18-8-10(2)22-11(9-18)15(20)21/h10-11H,3-9H2,1-2H3,(H,20,21)/t10-,11?/m1/s1. The van der Waals surface area contributed by atoms with Gasteiger partial charge in [-0.2, -0.15) is 4.98 Å². The van der Waals surface area contributed by atoms with Crippen LogP contribution in [0.2, 0.25) is 0 Å². The average Bonchev–Trinajstić information content (AvgIpc) is 2.94. The Kier molecular flexibility index (Phi) is 6.09. The summed E-state index contributed by atoms with van der Waals surface area (Å²) >= 11 is 0. The van der Waals surface area contributed by atoms with Gasteiger partial charge < -0.3 is 19.3 Å². The van der Waals surface area contributed by atoms with Crippen LogP contribution in [0.3, 0.4) is 0 Å². The van der Waals surface area contributed by atoms with Crippen molar-refractivity contribution in [3.8, 4) is 0 Å². The van der Waals surface area contributed by atoms with Crippen LogP contribution in [0.25, 0.3) is 0 Å². The van der Waals surface area contributed by atoms with Gasteiger partial charge >= 0.3 is 5.97 Å². The number of rotatable bonds is 7. The van der Waals surface area contributed by atoms with Crippen LogP contribution in [0.4, 0.5) is 0 Å². The summed E-state index contributed by atoms with van der Waals surface area (Å²) in [6.07, 6.45) is 1.98. The second-order valence-electron chi connectivity index (χ2n) is 5.78. The maximum absolute atomic E-state index is 12.2. The quantitative estimate of drug-likeness (QED) is 0.798. The normalized spacial score (nSPS) is 21.4.